The van der Waals surface area contributed by atoms with Crippen molar-refractivity contribution in [3.05, 3.63) is 88.3 Å². The zero-order valence-electron chi connectivity index (χ0n) is 42.0. The Morgan fingerprint density at radius 1 is 0.811 bits per heavy atom. The first-order valence-corrected chi connectivity index (χ1v) is 24.1. The molecule has 1 aromatic heterocycles. The number of hydrogen-bond acceptors (Lipinski definition) is 13. The maximum Gasteiger partial charge on any atom is 0.326 e. The van der Waals surface area contributed by atoms with E-state index in [1.54, 1.807) is 65.1 Å². The lowest BCUT2D eigenvalue weighted by molar-refractivity contribution is -0.145. The summed E-state index contributed by atoms with van der Waals surface area (Å²) in [4.78, 5) is 125. The van der Waals surface area contributed by atoms with E-state index in [2.05, 4.69) is 62.2 Å². The van der Waals surface area contributed by atoms with Crippen LogP contribution in [0.5, 0.6) is 5.75 Å². The average molecular weight is 1030 g/mol. The molecule has 0 bridgehead atoms. The van der Waals surface area contributed by atoms with E-state index in [9.17, 15) is 48.6 Å². The zero-order valence-corrected chi connectivity index (χ0v) is 42.0. The van der Waals surface area contributed by atoms with Crippen LogP contribution in [-0.4, -0.2) is 147 Å². The van der Waals surface area contributed by atoms with Gasteiger partial charge in [0.05, 0.1) is 18.6 Å². The van der Waals surface area contributed by atoms with Gasteiger partial charge in [0.1, 0.15) is 48.0 Å². The van der Waals surface area contributed by atoms with Crippen LogP contribution >= 0.6 is 0 Å². The van der Waals surface area contributed by atoms with E-state index < -0.39 is 101 Å². The number of nitrogens with zero attached hydrogens (tertiary/aromatic N) is 6. The molecule has 0 radical (unpaired) electrons. The van der Waals surface area contributed by atoms with E-state index in [0.717, 1.165) is 0 Å². The van der Waals surface area contributed by atoms with Crippen LogP contribution in [-0.2, 0) is 57.6 Å². The Kier molecular flexibility index (Phi) is 22.6. The van der Waals surface area contributed by atoms with E-state index in [-0.39, 0.29) is 75.6 Å². The summed E-state index contributed by atoms with van der Waals surface area (Å²) >= 11 is 0. The van der Waals surface area contributed by atoms with Gasteiger partial charge in [0.25, 0.3) is 0 Å². The van der Waals surface area contributed by atoms with Gasteiger partial charge in [-0.25, -0.2) is 9.78 Å². The van der Waals surface area contributed by atoms with Gasteiger partial charge in [0.15, 0.2) is 5.96 Å². The summed E-state index contributed by atoms with van der Waals surface area (Å²) in [7, 11) is 1.55. The molecule has 0 unspecified atom stereocenters. The molecule has 1 aliphatic rings. The van der Waals surface area contributed by atoms with Crippen molar-refractivity contribution in [3.8, 4) is 5.75 Å². The number of aromatic hydroxyl groups is 1. The number of imidazole rings is 1. The minimum absolute atomic E-state index is 0.00305. The number of aliphatic imine (C=N–C) groups is 1. The molecule has 0 saturated carbocycles. The van der Waals surface area contributed by atoms with Crippen LogP contribution in [0, 0.1) is 11.8 Å². The fourth-order valence-corrected chi connectivity index (χ4v) is 8.19. The molecular formula is C48H68N16O10. The lowest BCUT2D eigenvalue weighted by Crippen LogP contribution is -2.61. The molecule has 7 amide bonds. The number of aromatic nitrogens is 2. The lowest BCUT2D eigenvalue weighted by Gasteiger charge is -2.31. The molecule has 14 N–H and O–H groups in total. The molecule has 4 rings (SSSR count). The number of carboxylic acid groups (broad SMARTS) is 1. The molecule has 0 aliphatic carbocycles. The summed E-state index contributed by atoms with van der Waals surface area (Å²) in [5, 5.41) is 42.6. The fourth-order valence-electron chi connectivity index (χ4n) is 8.19. The second-order valence-corrected chi connectivity index (χ2v) is 18.5. The molecular weight excluding hydrogens is 961 g/mol. The number of nitrogens with one attached hydrogen (secondary N) is 8. The highest BCUT2D eigenvalue weighted by molar-refractivity contribution is 5.98. The quantitative estimate of drug-likeness (QED) is 0.0111. The number of likely N-dealkylation sites (tertiary alicyclic amines) is 1. The number of amides is 7. The van der Waals surface area contributed by atoms with Crippen LogP contribution in [0.25, 0.3) is 10.4 Å². The predicted molar refractivity (Wildman–Crippen MR) is 271 cm³/mol. The number of aliphatic carboxylic acids is 1. The molecule has 2 heterocycles. The van der Waals surface area contributed by atoms with Gasteiger partial charge < -0.3 is 68.8 Å². The number of aromatic amines is 1. The van der Waals surface area contributed by atoms with E-state index in [4.69, 9.17) is 17.0 Å². The van der Waals surface area contributed by atoms with Gasteiger partial charge in [-0.1, -0.05) is 69.2 Å². The van der Waals surface area contributed by atoms with Crippen molar-refractivity contribution in [1.29, 1.82) is 0 Å². The van der Waals surface area contributed by atoms with Gasteiger partial charge in [-0.15, -0.1) is 0 Å². The molecule has 1 fully saturated rings. The standard InChI is InChI=1S/C48H68N16O10/c1-26(2)39(60-41(67)31(56-38(66)24-52-5)13-9-17-54-48(49)50)44(70)57-33(21-29-15-16-37(65)32(20-29)62-63-51)42(68)61-40(27(3)4)45(71)58-34(22-30-23-53-25-55-30)46(72)64-18-10-14-36(64)43(69)59-35(47(73)74)19-28-11-7-6-8-12-28/h6-8,11-12,15-16,20,23,25-27,31,33-36,39-40,52,65H,9-10,13-14,17-19,21-22,24H2,1-5H3,(H,53,55)(H,56,66)(H,57,70)(H,58,71)(H,59,69)(H,60,67)(H,61,68)(H,73,74)(H4,49,50,54)/t31-,33-,34-,35-,36+,39-,40-/m0/s1. The van der Waals surface area contributed by atoms with Crippen LogP contribution < -0.4 is 48.7 Å². The minimum atomic E-state index is -1.49. The Balaban J connectivity index is 1.61. The van der Waals surface area contributed by atoms with Gasteiger partial charge in [-0.05, 0) is 73.4 Å². The first-order valence-electron chi connectivity index (χ1n) is 24.1. The third-order valence-electron chi connectivity index (χ3n) is 12.0. The third-order valence-corrected chi connectivity index (χ3v) is 12.0. The van der Waals surface area contributed by atoms with Crippen molar-refractivity contribution in [2.24, 2.45) is 33.4 Å². The van der Waals surface area contributed by atoms with Crippen molar-refractivity contribution in [1.82, 2.24) is 52.1 Å². The molecule has 1 saturated heterocycles. The lowest BCUT2D eigenvalue weighted by atomic mass is 9.98. The summed E-state index contributed by atoms with van der Waals surface area (Å²) < 4.78 is 0. The number of phenolic OH excluding ortho intramolecular Hbond substituents is 1. The molecule has 7 atom stereocenters. The van der Waals surface area contributed by atoms with Gasteiger partial charge in [-0.2, -0.15) is 0 Å². The normalized spacial score (nSPS) is 15.5. The predicted octanol–water partition coefficient (Wildman–Crippen LogP) is -0.346. The third kappa shape index (κ3) is 17.8. The van der Waals surface area contributed by atoms with Crippen molar-refractivity contribution in [2.75, 3.05) is 26.7 Å². The van der Waals surface area contributed by atoms with Crippen molar-refractivity contribution in [3.63, 3.8) is 0 Å². The van der Waals surface area contributed by atoms with E-state index in [1.165, 1.54) is 35.6 Å². The number of rotatable bonds is 28. The fraction of sp³-hybridized carbons (Fsp3) is 0.500. The second-order valence-electron chi connectivity index (χ2n) is 18.5. The number of azide groups is 1. The maximum absolute atomic E-state index is 14.6. The monoisotopic (exact) mass is 1030 g/mol. The van der Waals surface area contributed by atoms with Gasteiger partial charge in [-0.3, -0.25) is 38.6 Å². The number of likely N-dealkylation sites (N-methyl/N-ethyl adjacent to an activating group) is 1. The van der Waals surface area contributed by atoms with Gasteiger partial charge in [0.2, 0.25) is 41.4 Å². The number of benzene rings is 2. The Labute approximate surface area is 427 Å². The number of H-pyrrole nitrogens is 1. The van der Waals surface area contributed by atoms with E-state index >= 15 is 0 Å². The van der Waals surface area contributed by atoms with Crippen LogP contribution in [0.15, 0.2) is 71.2 Å². The molecule has 26 heteroatoms. The maximum atomic E-state index is 14.6. The summed E-state index contributed by atoms with van der Waals surface area (Å²) in [6.07, 6.45) is 3.42. The van der Waals surface area contributed by atoms with Gasteiger partial charge >= 0.3 is 5.97 Å². The number of carbonyl (C=O) groups excluding carboxylic acids is 7. The minimum Gasteiger partial charge on any atom is -0.507 e. The van der Waals surface area contributed by atoms with E-state index in [1.807, 2.05) is 0 Å². The molecule has 1 aliphatic heterocycles. The Morgan fingerprint density at radius 2 is 1.45 bits per heavy atom. The summed E-state index contributed by atoms with van der Waals surface area (Å²) in [5.41, 5.74) is 21.3. The first-order chi connectivity index (χ1) is 35.2. The Bertz CT molecular complexity index is 2500. The number of nitrogens with two attached hydrogens (primary N) is 2. The molecule has 74 heavy (non-hydrogen) atoms. The van der Waals surface area contributed by atoms with Crippen molar-refractivity contribution >= 4 is 59.0 Å². The van der Waals surface area contributed by atoms with Crippen LogP contribution in [0.1, 0.15) is 70.2 Å². The van der Waals surface area contributed by atoms with Crippen LogP contribution in [0.4, 0.5) is 5.69 Å². The topological polar surface area (TPSA) is 406 Å². The van der Waals surface area contributed by atoms with Crippen LogP contribution in [0.3, 0.4) is 0 Å². The summed E-state index contributed by atoms with van der Waals surface area (Å²) in [6, 6.07) is 3.76. The SMILES string of the molecule is CNCC(=O)N[C@@H](CCCN=C(N)N)C(=O)N[C@H](C(=O)N[C@@H](Cc1ccc(O)c(N=[N+]=[N-])c1)C(=O)N[C@H](C(=O)N[C@@H](Cc1cnc[nH]1)C(=O)N1CCC[C@@H]1C(=O)N[C@@H](Cc1ccccc1)C(=O)O)C(C)C)C(C)C. The molecule has 400 valence electrons. The Morgan fingerprint density at radius 3 is 2.03 bits per heavy atom. The number of carbonyl (C=O) groups is 8. The van der Waals surface area contributed by atoms with Crippen LogP contribution in [0.2, 0.25) is 0 Å². The summed E-state index contributed by atoms with van der Waals surface area (Å²) in [5.74, 6) is -8.06. The number of phenols is 1. The highest BCUT2D eigenvalue weighted by Crippen LogP contribution is 2.28. The zero-order chi connectivity index (χ0) is 54.5. The molecule has 26 nitrogen and oxygen atoms in total. The number of guanidine groups is 1. The number of hydrogen-bond donors (Lipinski definition) is 12. The smallest absolute Gasteiger partial charge is 0.326 e. The van der Waals surface area contributed by atoms with Crippen molar-refractivity contribution in [2.45, 2.75) is 115 Å². The Hall–Kier alpha value is -8.25. The molecule has 0 spiro atoms. The highest BCUT2D eigenvalue weighted by atomic mass is 16.4. The van der Waals surface area contributed by atoms with Gasteiger partial charge in [0, 0.05) is 49.2 Å². The molecule has 2 aromatic carbocycles. The van der Waals surface area contributed by atoms with Crippen molar-refractivity contribution < 1.29 is 48.6 Å². The highest BCUT2D eigenvalue weighted by Gasteiger charge is 2.41. The number of carboxylic acids is 1. The largest absolute Gasteiger partial charge is 0.507 e. The second kappa shape index (κ2) is 28.7. The molecule has 3 aromatic rings. The average Bonchev–Trinajstić information content (AvgIpc) is 4.07. The summed E-state index contributed by atoms with van der Waals surface area (Å²) in [6.45, 7) is 6.73. The first kappa shape index (κ1) is 58.3. The van der Waals surface area contributed by atoms with E-state index in [0.29, 0.717) is 23.2 Å².